The molecule has 1 N–H and O–H groups in total. The Labute approximate surface area is 136 Å². The van der Waals surface area contributed by atoms with Crippen molar-refractivity contribution in [2.45, 2.75) is 40.0 Å². The molecule has 0 bridgehead atoms. The SMILES string of the molecule is Cc1cc(C)cc(OCC(=O)Nc2onc3c2CC(C)CC3)c1. The number of aryl methyl sites for hydroxylation is 3. The van der Waals surface area contributed by atoms with Gasteiger partial charge < -0.3 is 9.26 Å². The summed E-state index contributed by atoms with van der Waals surface area (Å²) in [6.45, 7) is 6.16. The highest BCUT2D eigenvalue weighted by atomic mass is 16.5. The number of ether oxygens (including phenoxy) is 1. The van der Waals surface area contributed by atoms with E-state index in [1.54, 1.807) is 0 Å². The third-order valence-corrected chi connectivity index (χ3v) is 4.11. The fourth-order valence-corrected chi connectivity index (χ4v) is 3.01. The van der Waals surface area contributed by atoms with Crippen LogP contribution in [0.1, 0.15) is 35.7 Å². The van der Waals surface area contributed by atoms with Crippen molar-refractivity contribution in [1.82, 2.24) is 5.16 Å². The molecule has 1 amide bonds. The normalized spacial score (nSPS) is 16.7. The monoisotopic (exact) mass is 314 g/mol. The summed E-state index contributed by atoms with van der Waals surface area (Å²) in [5, 5.41) is 6.83. The molecule has 23 heavy (non-hydrogen) atoms. The number of aromatic nitrogens is 1. The number of nitrogens with one attached hydrogen (secondary N) is 1. The molecule has 1 aromatic heterocycles. The lowest BCUT2D eigenvalue weighted by Gasteiger charge is -2.16. The predicted molar refractivity (Wildman–Crippen MR) is 87.7 cm³/mol. The molecular formula is C18H22N2O3. The zero-order valence-electron chi connectivity index (χ0n) is 13.8. The minimum atomic E-state index is -0.235. The summed E-state index contributed by atoms with van der Waals surface area (Å²) in [6.07, 6.45) is 2.92. The number of fused-ring (bicyclic) bond motifs is 1. The largest absolute Gasteiger partial charge is 0.484 e. The van der Waals surface area contributed by atoms with Crippen LogP contribution in [-0.4, -0.2) is 17.7 Å². The first-order valence-corrected chi connectivity index (χ1v) is 7.99. The maximum atomic E-state index is 12.1. The van der Waals surface area contributed by atoms with Gasteiger partial charge in [-0.2, -0.15) is 0 Å². The van der Waals surface area contributed by atoms with Crippen molar-refractivity contribution in [1.29, 1.82) is 0 Å². The van der Waals surface area contributed by atoms with E-state index in [0.717, 1.165) is 41.6 Å². The number of rotatable bonds is 4. The van der Waals surface area contributed by atoms with Gasteiger partial charge in [-0.15, -0.1) is 0 Å². The van der Waals surface area contributed by atoms with Gasteiger partial charge in [0, 0.05) is 5.56 Å². The Morgan fingerprint density at radius 2 is 2.09 bits per heavy atom. The molecular weight excluding hydrogens is 292 g/mol. The van der Waals surface area contributed by atoms with E-state index >= 15 is 0 Å². The molecule has 1 atom stereocenters. The average molecular weight is 314 g/mol. The highest BCUT2D eigenvalue weighted by Crippen LogP contribution is 2.30. The van der Waals surface area contributed by atoms with E-state index in [-0.39, 0.29) is 12.5 Å². The quantitative estimate of drug-likeness (QED) is 0.939. The van der Waals surface area contributed by atoms with Crippen LogP contribution in [0.15, 0.2) is 22.7 Å². The van der Waals surface area contributed by atoms with Crippen LogP contribution in [0.5, 0.6) is 5.75 Å². The number of carbonyl (C=O) groups is 1. The molecule has 1 aliphatic rings. The Morgan fingerprint density at radius 1 is 1.35 bits per heavy atom. The molecule has 1 aromatic carbocycles. The zero-order chi connectivity index (χ0) is 16.4. The van der Waals surface area contributed by atoms with Crippen molar-refractivity contribution in [2.24, 2.45) is 5.92 Å². The number of nitrogens with zero attached hydrogens (tertiary/aromatic N) is 1. The van der Waals surface area contributed by atoms with Gasteiger partial charge >= 0.3 is 0 Å². The third-order valence-electron chi connectivity index (χ3n) is 4.11. The lowest BCUT2D eigenvalue weighted by molar-refractivity contribution is -0.118. The van der Waals surface area contributed by atoms with Crippen LogP contribution in [0.4, 0.5) is 5.88 Å². The van der Waals surface area contributed by atoms with Crippen molar-refractivity contribution in [3.63, 3.8) is 0 Å². The maximum Gasteiger partial charge on any atom is 0.264 e. The van der Waals surface area contributed by atoms with Crippen molar-refractivity contribution < 1.29 is 14.1 Å². The molecule has 1 unspecified atom stereocenters. The highest BCUT2D eigenvalue weighted by molar-refractivity contribution is 5.91. The van der Waals surface area contributed by atoms with Crippen LogP contribution >= 0.6 is 0 Å². The molecule has 0 saturated heterocycles. The molecule has 0 radical (unpaired) electrons. The van der Waals surface area contributed by atoms with Crippen molar-refractivity contribution in [3.05, 3.63) is 40.6 Å². The van der Waals surface area contributed by atoms with Gasteiger partial charge in [-0.05, 0) is 62.3 Å². The predicted octanol–water partition coefficient (Wildman–Crippen LogP) is 3.43. The molecule has 2 aromatic rings. The third kappa shape index (κ3) is 3.73. The lowest BCUT2D eigenvalue weighted by Crippen LogP contribution is -2.21. The zero-order valence-corrected chi connectivity index (χ0v) is 13.8. The molecule has 0 aliphatic heterocycles. The van der Waals surface area contributed by atoms with Gasteiger partial charge in [-0.3, -0.25) is 10.1 Å². The second-order valence-electron chi connectivity index (χ2n) is 6.45. The Kier molecular flexibility index (Phi) is 4.37. The summed E-state index contributed by atoms with van der Waals surface area (Å²) < 4.78 is 10.9. The molecule has 1 heterocycles. The number of hydrogen-bond donors (Lipinski definition) is 1. The summed E-state index contributed by atoms with van der Waals surface area (Å²) in [4.78, 5) is 12.1. The first-order chi connectivity index (χ1) is 11.0. The number of carbonyl (C=O) groups excluding carboxylic acids is 1. The van der Waals surface area contributed by atoms with Crippen molar-refractivity contribution in [2.75, 3.05) is 11.9 Å². The van der Waals surface area contributed by atoms with Crippen molar-refractivity contribution >= 4 is 11.8 Å². The Morgan fingerprint density at radius 3 is 2.83 bits per heavy atom. The Bertz CT molecular complexity index is 701. The topological polar surface area (TPSA) is 64.4 Å². The van der Waals surface area contributed by atoms with Gasteiger partial charge in [0.25, 0.3) is 5.91 Å². The lowest BCUT2D eigenvalue weighted by atomic mass is 9.89. The standard InChI is InChI=1S/C18H22N2O3/c1-11-4-5-16-15(9-11)18(23-20-16)19-17(21)10-22-14-7-12(2)6-13(3)8-14/h6-8,11H,4-5,9-10H2,1-3H3,(H,19,21). The summed E-state index contributed by atoms with van der Waals surface area (Å²) in [5.41, 5.74) is 4.22. The van der Waals surface area contributed by atoms with Crippen LogP contribution in [0.25, 0.3) is 0 Å². The van der Waals surface area contributed by atoms with E-state index in [9.17, 15) is 4.79 Å². The smallest absolute Gasteiger partial charge is 0.264 e. The summed E-state index contributed by atoms with van der Waals surface area (Å²) in [7, 11) is 0. The fraction of sp³-hybridized carbons (Fsp3) is 0.444. The highest BCUT2D eigenvalue weighted by Gasteiger charge is 2.24. The summed E-state index contributed by atoms with van der Waals surface area (Å²) >= 11 is 0. The van der Waals surface area contributed by atoms with Gasteiger partial charge in [0.2, 0.25) is 5.88 Å². The first-order valence-electron chi connectivity index (χ1n) is 7.99. The maximum absolute atomic E-state index is 12.1. The van der Waals surface area contributed by atoms with Gasteiger partial charge in [0.05, 0.1) is 5.69 Å². The number of anilines is 1. The Balaban J connectivity index is 1.61. The van der Waals surface area contributed by atoms with Gasteiger partial charge in [-0.25, -0.2) is 0 Å². The van der Waals surface area contributed by atoms with E-state index in [2.05, 4.69) is 23.5 Å². The Hall–Kier alpha value is -2.30. The molecule has 5 heteroatoms. The molecule has 3 rings (SSSR count). The van der Waals surface area contributed by atoms with Crippen LogP contribution < -0.4 is 10.1 Å². The number of benzene rings is 1. The second-order valence-corrected chi connectivity index (χ2v) is 6.45. The van der Waals surface area contributed by atoms with E-state index in [1.165, 1.54) is 0 Å². The minimum absolute atomic E-state index is 0.0477. The molecule has 0 fully saturated rings. The number of hydrogen-bond acceptors (Lipinski definition) is 4. The van der Waals surface area contributed by atoms with Crippen LogP contribution in [0.2, 0.25) is 0 Å². The summed E-state index contributed by atoms with van der Waals surface area (Å²) in [6, 6.07) is 5.89. The van der Waals surface area contributed by atoms with E-state index in [4.69, 9.17) is 9.26 Å². The fourth-order valence-electron chi connectivity index (χ4n) is 3.01. The minimum Gasteiger partial charge on any atom is -0.484 e. The first kappa shape index (κ1) is 15.6. The molecule has 1 aliphatic carbocycles. The van der Waals surface area contributed by atoms with Crippen LogP contribution in [-0.2, 0) is 17.6 Å². The average Bonchev–Trinajstić information content (AvgIpc) is 2.86. The van der Waals surface area contributed by atoms with Gasteiger partial charge in [0.15, 0.2) is 6.61 Å². The van der Waals surface area contributed by atoms with Crippen LogP contribution in [0, 0.1) is 19.8 Å². The summed E-state index contributed by atoms with van der Waals surface area (Å²) in [5.74, 6) is 1.52. The van der Waals surface area contributed by atoms with Gasteiger partial charge in [0.1, 0.15) is 5.75 Å². The molecule has 0 spiro atoms. The van der Waals surface area contributed by atoms with Crippen LogP contribution in [0.3, 0.4) is 0 Å². The molecule has 0 saturated carbocycles. The molecule has 122 valence electrons. The van der Waals surface area contributed by atoms with E-state index in [1.807, 2.05) is 26.0 Å². The second kappa shape index (κ2) is 6.44. The van der Waals surface area contributed by atoms with Crippen molar-refractivity contribution in [3.8, 4) is 5.75 Å². The van der Waals surface area contributed by atoms with E-state index in [0.29, 0.717) is 17.6 Å². The number of amides is 1. The molecule has 5 nitrogen and oxygen atoms in total. The van der Waals surface area contributed by atoms with E-state index < -0.39 is 0 Å². The van der Waals surface area contributed by atoms with Gasteiger partial charge in [-0.1, -0.05) is 18.1 Å².